The third-order valence-corrected chi connectivity index (χ3v) is 7.30. The molecule has 0 spiro atoms. The molecule has 0 radical (unpaired) electrons. The fraction of sp³-hybridized carbons (Fsp3) is 0.250. The second kappa shape index (κ2) is 8.50. The first kappa shape index (κ1) is 20.4. The summed E-state index contributed by atoms with van der Waals surface area (Å²) in [7, 11) is -0.349. The Morgan fingerprint density at radius 3 is 2.13 bits per heavy atom. The van der Waals surface area contributed by atoms with Gasteiger partial charge in [0, 0.05) is 6.54 Å². The molecule has 0 bridgehead atoms. The van der Waals surface area contributed by atoms with Gasteiger partial charge in [0.15, 0.2) is 11.5 Å². The molecule has 5 nitrogen and oxygen atoms in total. The highest BCUT2D eigenvalue weighted by Gasteiger charge is 2.37. The second-order valence-electron chi connectivity index (χ2n) is 7.32. The number of ether oxygens (including phenoxy) is 2. The van der Waals surface area contributed by atoms with Crippen molar-refractivity contribution in [2.24, 2.45) is 0 Å². The molecule has 0 saturated carbocycles. The van der Waals surface area contributed by atoms with Crippen molar-refractivity contribution in [3.8, 4) is 11.5 Å². The van der Waals surface area contributed by atoms with E-state index >= 15 is 0 Å². The quantitative estimate of drug-likeness (QED) is 0.597. The lowest BCUT2D eigenvalue weighted by Gasteiger charge is -2.37. The Morgan fingerprint density at radius 1 is 0.900 bits per heavy atom. The number of hydrogen-bond donors (Lipinski definition) is 0. The van der Waals surface area contributed by atoms with Gasteiger partial charge in [0.1, 0.15) is 0 Å². The molecular formula is C24H25NO4S. The Bertz CT molecular complexity index is 1110. The number of hydrogen-bond acceptors (Lipinski definition) is 4. The lowest BCUT2D eigenvalue weighted by molar-refractivity contribution is 0.331. The van der Waals surface area contributed by atoms with E-state index in [2.05, 4.69) is 0 Å². The number of methoxy groups -OCH3 is 2. The maximum absolute atomic E-state index is 13.5. The highest BCUT2D eigenvalue weighted by atomic mass is 32.2. The van der Waals surface area contributed by atoms with Crippen LogP contribution >= 0.6 is 0 Å². The highest BCUT2D eigenvalue weighted by Crippen LogP contribution is 2.42. The minimum atomic E-state index is -3.55. The molecule has 0 saturated heterocycles. The number of benzene rings is 3. The van der Waals surface area contributed by atoms with Gasteiger partial charge in [-0.15, -0.1) is 0 Å². The fourth-order valence-electron chi connectivity index (χ4n) is 4.07. The fourth-order valence-corrected chi connectivity index (χ4v) is 5.78. The molecule has 6 heteroatoms. The van der Waals surface area contributed by atoms with Gasteiger partial charge in [0.05, 0.1) is 26.0 Å². The van der Waals surface area contributed by atoms with E-state index in [0.717, 1.165) is 22.3 Å². The van der Waals surface area contributed by atoms with Gasteiger partial charge in [0.25, 0.3) is 0 Å². The van der Waals surface area contributed by atoms with Gasteiger partial charge < -0.3 is 9.47 Å². The van der Waals surface area contributed by atoms with Crippen molar-refractivity contribution in [2.45, 2.75) is 18.2 Å². The largest absolute Gasteiger partial charge is 0.493 e. The first-order chi connectivity index (χ1) is 14.5. The van der Waals surface area contributed by atoms with Crippen molar-refractivity contribution in [3.63, 3.8) is 0 Å². The lowest BCUT2D eigenvalue weighted by atomic mass is 9.89. The zero-order valence-corrected chi connectivity index (χ0v) is 17.9. The van der Waals surface area contributed by atoms with E-state index < -0.39 is 16.1 Å². The van der Waals surface area contributed by atoms with Crippen LogP contribution in [-0.2, 0) is 22.2 Å². The smallest absolute Gasteiger partial charge is 0.219 e. The molecule has 0 unspecified atom stereocenters. The average Bonchev–Trinajstić information content (AvgIpc) is 2.78. The second-order valence-corrected chi connectivity index (χ2v) is 9.24. The van der Waals surface area contributed by atoms with E-state index in [4.69, 9.17) is 9.47 Å². The van der Waals surface area contributed by atoms with Gasteiger partial charge in [-0.2, -0.15) is 4.31 Å². The third kappa shape index (κ3) is 3.93. The molecule has 1 heterocycles. The minimum absolute atomic E-state index is 0.0280. The van der Waals surface area contributed by atoms with Gasteiger partial charge in [-0.3, -0.25) is 0 Å². The predicted molar refractivity (Wildman–Crippen MR) is 117 cm³/mol. The van der Waals surface area contributed by atoms with E-state index in [9.17, 15) is 8.42 Å². The third-order valence-electron chi connectivity index (χ3n) is 5.49. The first-order valence-corrected chi connectivity index (χ1v) is 11.5. The molecule has 3 aromatic carbocycles. The molecule has 0 N–H and O–H groups in total. The lowest BCUT2D eigenvalue weighted by Crippen LogP contribution is -2.41. The summed E-state index contributed by atoms with van der Waals surface area (Å²) in [5.41, 5.74) is 3.72. The highest BCUT2D eigenvalue weighted by molar-refractivity contribution is 7.88. The Hall–Kier alpha value is -2.83. The van der Waals surface area contributed by atoms with E-state index in [0.29, 0.717) is 24.5 Å². The molecule has 0 fully saturated rings. The molecule has 30 heavy (non-hydrogen) atoms. The van der Waals surface area contributed by atoms with E-state index in [1.165, 1.54) is 0 Å². The van der Waals surface area contributed by atoms with Crippen molar-refractivity contribution in [1.29, 1.82) is 0 Å². The predicted octanol–water partition coefficient (Wildman–Crippen LogP) is 4.18. The average molecular weight is 424 g/mol. The molecule has 4 rings (SSSR count). The standard InChI is InChI=1S/C24H25NO4S/c1-28-22-15-20-13-14-25(30(26,27)17-18-9-5-3-6-10-18)24(19-11-7-4-8-12-19)21(20)16-23(22)29-2/h3-12,15-16,24H,13-14,17H2,1-2H3/t24-/m0/s1. The van der Waals surface area contributed by atoms with Gasteiger partial charge in [-0.05, 0) is 40.8 Å². The molecule has 0 amide bonds. The SMILES string of the molecule is COc1cc2c(cc1OC)[C@H](c1ccccc1)N(S(=O)(=O)Cc1ccccc1)CC2. The Morgan fingerprint density at radius 2 is 1.50 bits per heavy atom. The van der Waals surface area contributed by atoms with Crippen LogP contribution in [0.1, 0.15) is 28.3 Å². The summed E-state index contributed by atoms with van der Waals surface area (Å²) < 4.78 is 39.6. The van der Waals surface area contributed by atoms with Gasteiger partial charge in [-0.25, -0.2) is 8.42 Å². The first-order valence-electron chi connectivity index (χ1n) is 9.86. The van der Waals surface area contributed by atoms with Gasteiger partial charge in [0.2, 0.25) is 10.0 Å². The summed E-state index contributed by atoms with van der Waals surface area (Å²) >= 11 is 0. The summed E-state index contributed by atoms with van der Waals surface area (Å²) in [4.78, 5) is 0. The van der Waals surface area contributed by atoms with Crippen LogP contribution in [0.25, 0.3) is 0 Å². The Balaban J connectivity index is 1.82. The molecule has 156 valence electrons. The van der Waals surface area contributed by atoms with Crippen molar-refractivity contribution in [2.75, 3.05) is 20.8 Å². The summed E-state index contributed by atoms with van der Waals surface area (Å²) in [5, 5.41) is 0. The summed E-state index contributed by atoms with van der Waals surface area (Å²) in [6, 6.07) is 22.5. The maximum atomic E-state index is 13.5. The van der Waals surface area contributed by atoms with Crippen LogP contribution in [0.2, 0.25) is 0 Å². The molecule has 1 aliphatic heterocycles. The molecule has 1 aliphatic rings. The molecule has 3 aromatic rings. The van der Waals surface area contributed by atoms with Gasteiger partial charge in [-0.1, -0.05) is 60.7 Å². The van der Waals surface area contributed by atoms with E-state index in [1.54, 1.807) is 18.5 Å². The minimum Gasteiger partial charge on any atom is -0.493 e. The van der Waals surface area contributed by atoms with Crippen molar-refractivity contribution >= 4 is 10.0 Å². The Labute approximate surface area is 177 Å². The zero-order chi connectivity index (χ0) is 21.1. The van der Waals surface area contributed by atoms with Crippen LogP contribution in [0, 0.1) is 0 Å². The maximum Gasteiger partial charge on any atom is 0.219 e. The molecule has 1 atom stereocenters. The van der Waals surface area contributed by atoms with Crippen LogP contribution in [0.5, 0.6) is 11.5 Å². The number of nitrogens with zero attached hydrogens (tertiary/aromatic N) is 1. The monoisotopic (exact) mass is 423 g/mol. The van der Waals surface area contributed by atoms with Crippen molar-refractivity contribution in [1.82, 2.24) is 4.31 Å². The van der Waals surface area contributed by atoms with Crippen LogP contribution < -0.4 is 9.47 Å². The number of rotatable bonds is 6. The van der Waals surface area contributed by atoms with Crippen LogP contribution in [0.15, 0.2) is 72.8 Å². The van der Waals surface area contributed by atoms with Gasteiger partial charge >= 0.3 is 0 Å². The topological polar surface area (TPSA) is 55.8 Å². The molecular weight excluding hydrogens is 398 g/mol. The molecule has 0 aliphatic carbocycles. The van der Waals surface area contributed by atoms with Crippen LogP contribution in [0.3, 0.4) is 0 Å². The van der Waals surface area contributed by atoms with E-state index in [-0.39, 0.29) is 5.75 Å². The normalized spacial score (nSPS) is 16.7. The number of fused-ring (bicyclic) bond motifs is 1. The van der Waals surface area contributed by atoms with Crippen molar-refractivity contribution < 1.29 is 17.9 Å². The summed E-state index contributed by atoms with van der Waals surface area (Å²) in [6.07, 6.45) is 0.618. The summed E-state index contributed by atoms with van der Waals surface area (Å²) in [6.45, 7) is 0.414. The summed E-state index contributed by atoms with van der Waals surface area (Å²) in [5.74, 6) is 1.22. The van der Waals surface area contributed by atoms with E-state index in [1.807, 2.05) is 72.8 Å². The van der Waals surface area contributed by atoms with Crippen LogP contribution in [-0.4, -0.2) is 33.5 Å². The molecule has 0 aromatic heterocycles. The Kier molecular flexibility index (Phi) is 5.79. The number of sulfonamides is 1. The zero-order valence-electron chi connectivity index (χ0n) is 17.1. The van der Waals surface area contributed by atoms with Crippen molar-refractivity contribution in [3.05, 3.63) is 95.1 Å². The van der Waals surface area contributed by atoms with Crippen LogP contribution in [0.4, 0.5) is 0 Å².